The van der Waals surface area contributed by atoms with E-state index in [1.807, 2.05) is 6.92 Å². The minimum Gasteiger partial charge on any atom is -0.458 e. The van der Waals surface area contributed by atoms with Crippen LogP contribution in [0.15, 0.2) is 47.6 Å². The van der Waals surface area contributed by atoms with Crippen LogP contribution in [0.1, 0.15) is 26.7 Å². The minimum atomic E-state index is -0.784. The quantitative estimate of drug-likeness (QED) is 0.457. The van der Waals surface area contributed by atoms with Gasteiger partial charge in [0.05, 0.1) is 18.6 Å². The number of aliphatic hydroxyl groups excluding tert-OH is 2. The van der Waals surface area contributed by atoms with Gasteiger partial charge >= 0.3 is 11.9 Å². The van der Waals surface area contributed by atoms with Crippen LogP contribution in [0.25, 0.3) is 0 Å². The molecule has 1 heterocycles. The number of rotatable bonds is 3. The molecule has 0 aromatic heterocycles. The number of carbonyl (C=O) groups is 2. The third-order valence-electron chi connectivity index (χ3n) is 4.34. The number of fused-ring (bicyclic) bond motifs is 1. The first kappa shape index (κ1) is 19.1. The van der Waals surface area contributed by atoms with Crippen molar-refractivity contribution in [3.8, 4) is 0 Å². The van der Waals surface area contributed by atoms with Crippen molar-refractivity contribution in [1.29, 1.82) is 0 Å². The van der Waals surface area contributed by atoms with E-state index in [2.05, 4.69) is 13.2 Å². The summed E-state index contributed by atoms with van der Waals surface area (Å²) in [5, 5.41) is 19.7. The lowest BCUT2D eigenvalue weighted by atomic mass is 9.85. The first-order chi connectivity index (χ1) is 11.7. The number of esters is 2. The second-order valence-electron chi connectivity index (χ2n) is 6.62. The van der Waals surface area contributed by atoms with Crippen molar-refractivity contribution in [2.24, 2.45) is 5.92 Å². The van der Waals surface area contributed by atoms with E-state index in [4.69, 9.17) is 9.47 Å². The number of hydrogen-bond acceptors (Lipinski definition) is 6. The van der Waals surface area contributed by atoms with Gasteiger partial charge in [-0.1, -0.05) is 24.8 Å². The first-order valence-electron chi connectivity index (χ1n) is 8.15. The summed E-state index contributed by atoms with van der Waals surface area (Å²) in [5.74, 6) is -1.69. The molecule has 1 aliphatic heterocycles. The van der Waals surface area contributed by atoms with E-state index < -0.39 is 36.2 Å². The zero-order valence-corrected chi connectivity index (χ0v) is 14.5. The van der Waals surface area contributed by atoms with E-state index in [0.29, 0.717) is 12.0 Å². The van der Waals surface area contributed by atoms with Crippen molar-refractivity contribution in [3.05, 3.63) is 47.6 Å². The Labute approximate surface area is 147 Å². The molecule has 25 heavy (non-hydrogen) atoms. The number of aliphatic hydroxyl groups is 2. The molecule has 2 rings (SSSR count). The fourth-order valence-corrected chi connectivity index (χ4v) is 3.11. The summed E-state index contributed by atoms with van der Waals surface area (Å²) in [7, 11) is 0. The molecule has 0 bridgehead atoms. The fourth-order valence-electron chi connectivity index (χ4n) is 3.11. The number of ether oxygens (including phenoxy) is 2. The maximum atomic E-state index is 12.0. The molecule has 0 saturated carbocycles. The lowest BCUT2D eigenvalue weighted by Crippen LogP contribution is -2.34. The Morgan fingerprint density at radius 1 is 1.40 bits per heavy atom. The standard InChI is InChI=1S/C19H24O6/c1-10(2)18(22)24-16-8-13(9-20)7-14(21)5-11(3)6-15-17(16)12(4)19(23)25-15/h6-7,14-17,20-21H,1,4-5,8-9H2,2-3H3/b11-6-,13-7-/t14-,15-,16-,17+/m1/s1. The summed E-state index contributed by atoms with van der Waals surface area (Å²) in [6.07, 6.45) is 1.65. The molecular weight excluding hydrogens is 324 g/mol. The average molecular weight is 348 g/mol. The molecule has 0 unspecified atom stereocenters. The van der Waals surface area contributed by atoms with E-state index in [0.717, 1.165) is 5.57 Å². The number of carbonyl (C=O) groups excluding carboxylic acids is 2. The highest BCUT2D eigenvalue weighted by atomic mass is 16.6. The van der Waals surface area contributed by atoms with Gasteiger partial charge in [-0.05, 0) is 31.9 Å². The molecule has 6 heteroatoms. The highest BCUT2D eigenvalue weighted by molar-refractivity contribution is 5.91. The topological polar surface area (TPSA) is 93.1 Å². The summed E-state index contributed by atoms with van der Waals surface area (Å²) in [4.78, 5) is 24.0. The van der Waals surface area contributed by atoms with Gasteiger partial charge in [0.1, 0.15) is 12.2 Å². The zero-order valence-electron chi connectivity index (χ0n) is 14.5. The fraction of sp³-hybridized carbons (Fsp3) is 0.474. The third kappa shape index (κ3) is 4.46. The van der Waals surface area contributed by atoms with E-state index in [1.165, 1.54) is 6.92 Å². The average Bonchev–Trinajstić information content (AvgIpc) is 2.79. The van der Waals surface area contributed by atoms with Crippen LogP contribution in [0.3, 0.4) is 0 Å². The predicted molar refractivity (Wildman–Crippen MR) is 91.4 cm³/mol. The highest BCUT2D eigenvalue weighted by Gasteiger charge is 2.44. The summed E-state index contributed by atoms with van der Waals surface area (Å²) >= 11 is 0. The summed E-state index contributed by atoms with van der Waals surface area (Å²) in [6, 6.07) is 0. The summed E-state index contributed by atoms with van der Waals surface area (Å²) < 4.78 is 10.9. The van der Waals surface area contributed by atoms with Gasteiger partial charge in [0.25, 0.3) is 0 Å². The van der Waals surface area contributed by atoms with Gasteiger partial charge in [-0.3, -0.25) is 0 Å². The van der Waals surface area contributed by atoms with Gasteiger partial charge in [0.15, 0.2) is 0 Å². The first-order valence-corrected chi connectivity index (χ1v) is 8.15. The van der Waals surface area contributed by atoms with Crippen LogP contribution in [0.5, 0.6) is 0 Å². The molecule has 1 fully saturated rings. The van der Waals surface area contributed by atoms with Crippen molar-refractivity contribution in [1.82, 2.24) is 0 Å². The monoisotopic (exact) mass is 348 g/mol. The molecule has 0 spiro atoms. The van der Waals surface area contributed by atoms with Crippen molar-refractivity contribution < 1.29 is 29.3 Å². The third-order valence-corrected chi connectivity index (χ3v) is 4.34. The largest absolute Gasteiger partial charge is 0.458 e. The minimum absolute atomic E-state index is 0.163. The van der Waals surface area contributed by atoms with E-state index >= 15 is 0 Å². The van der Waals surface area contributed by atoms with E-state index in [-0.39, 0.29) is 24.2 Å². The molecule has 0 radical (unpaired) electrons. The van der Waals surface area contributed by atoms with Gasteiger partial charge in [0, 0.05) is 17.6 Å². The molecule has 136 valence electrons. The lowest BCUT2D eigenvalue weighted by Gasteiger charge is -2.28. The second kappa shape index (κ2) is 7.80. The van der Waals surface area contributed by atoms with Crippen LogP contribution in [-0.2, 0) is 19.1 Å². The van der Waals surface area contributed by atoms with Crippen molar-refractivity contribution >= 4 is 11.9 Å². The Bertz CT molecular complexity index is 657. The Hall–Kier alpha value is -2.18. The highest BCUT2D eigenvalue weighted by Crippen LogP contribution is 2.36. The lowest BCUT2D eigenvalue weighted by molar-refractivity contribution is -0.147. The summed E-state index contributed by atoms with van der Waals surface area (Å²) in [6.45, 7) is 10.4. The molecule has 1 saturated heterocycles. The van der Waals surface area contributed by atoms with Gasteiger partial charge in [-0.2, -0.15) is 0 Å². The molecule has 6 nitrogen and oxygen atoms in total. The predicted octanol–water partition coefficient (Wildman–Crippen LogP) is 1.59. The maximum Gasteiger partial charge on any atom is 0.334 e. The molecule has 0 amide bonds. The Kier molecular flexibility index (Phi) is 5.98. The Balaban J connectivity index is 2.45. The van der Waals surface area contributed by atoms with Crippen LogP contribution < -0.4 is 0 Å². The van der Waals surface area contributed by atoms with Crippen LogP contribution >= 0.6 is 0 Å². The molecule has 0 aromatic rings. The van der Waals surface area contributed by atoms with Gasteiger partial charge in [-0.25, -0.2) is 9.59 Å². The smallest absolute Gasteiger partial charge is 0.334 e. The second-order valence-corrected chi connectivity index (χ2v) is 6.62. The van der Waals surface area contributed by atoms with E-state index in [9.17, 15) is 19.8 Å². The maximum absolute atomic E-state index is 12.0. The van der Waals surface area contributed by atoms with E-state index in [1.54, 1.807) is 12.2 Å². The van der Waals surface area contributed by atoms with Crippen LogP contribution in [0.4, 0.5) is 0 Å². The normalized spacial score (nSPS) is 34.1. The van der Waals surface area contributed by atoms with Gasteiger partial charge in [-0.15, -0.1) is 0 Å². The van der Waals surface area contributed by atoms with Crippen molar-refractivity contribution in [2.45, 2.75) is 45.0 Å². The Morgan fingerprint density at radius 3 is 2.68 bits per heavy atom. The zero-order chi connectivity index (χ0) is 18.7. The molecule has 2 N–H and O–H groups in total. The Morgan fingerprint density at radius 2 is 2.08 bits per heavy atom. The SMILES string of the molecule is C=C(C)C(=O)O[C@@H]1C/C(CO)=C/[C@H](O)C/C(C)=C\[C@H]2OC(=O)C(=C)[C@@H]21. The summed E-state index contributed by atoms with van der Waals surface area (Å²) in [5.41, 5.74) is 1.80. The molecule has 0 aromatic carbocycles. The van der Waals surface area contributed by atoms with Crippen LogP contribution in [-0.4, -0.2) is 47.1 Å². The van der Waals surface area contributed by atoms with Gasteiger partial charge in [0.2, 0.25) is 0 Å². The number of hydrogen-bond donors (Lipinski definition) is 2. The molecule has 4 atom stereocenters. The molecule has 2 aliphatic rings. The van der Waals surface area contributed by atoms with Crippen molar-refractivity contribution in [3.63, 3.8) is 0 Å². The van der Waals surface area contributed by atoms with Crippen molar-refractivity contribution in [2.75, 3.05) is 6.61 Å². The molecule has 1 aliphatic carbocycles. The van der Waals surface area contributed by atoms with Gasteiger partial charge < -0.3 is 19.7 Å². The molecular formula is C19H24O6. The van der Waals surface area contributed by atoms with Crippen LogP contribution in [0, 0.1) is 5.92 Å². The van der Waals surface area contributed by atoms with Crippen LogP contribution in [0.2, 0.25) is 0 Å².